The van der Waals surface area contributed by atoms with Crippen molar-refractivity contribution >= 4 is 0 Å². The van der Waals surface area contributed by atoms with Gasteiger partial charge in [-0.2, -0.15) is 35.1 Å². The van der Waals surface area contributed by atoms with Crippen molar-refractivity contribution in [1.29, 1.82) is 0 Å². The summed E-state index contributed by atoms with van der Waals surface area (Å²) in [5.74, 6) is -23.5. The normalized spacial score (nSPS) is 26.0. The highest BCUT2D eigenvalue weighted by Crippen LogP contribution is 2.64. The first-order valence-corrected chi connectivity index (χ1v) is 5.62. The van der Waals surface area contributed by atoms with Gasteiger partial charge in [0.1, 0.15) is 0 Å². The molecule has 0 fully saturated rings. The Balaban J connectivity index is 2.84. The van der Waals surface area contributed by atoms with Crippen LogP contribution < -0.4 is 0 Å². The highest BCUT2D eigenvalue weighted by Gasteiger charge is 2.85. The maximum Gasteiger partial charge on any atom is 0.382 e. The highest BCUT2D eigenvalue weighted by atomic mass is 19.4. The standard InChI is InChI=1S/C12H8F8O/c1-5(21)6-2-3-7-8(4-6)10(15,16)12(19,20)11(17,18)9(7,13)14/h2-5,21H,1H3. The van der Waals surface area contributed by atoms with Gasteiger partial charge in [-0.25, -0.2) is 0 Å². The van der Waals surface area contributed by atoms with E-state index in [1.807, 2.05) is 0 Å². The minimum atomic E-state index is -6.27. The van der Waals surface area contributed by atoms with Crippen molar-refractivity contribution in [2.75, 3.05) is 0 Å². The summed E-state index contributed by atoms with van der Waals surface area (Å²) in [4.78, 5) is 0. The van der Waals surface area contributed by atoms with Crippen LogP contribution in [0, 0.1) is 0 Å². The van der Waals surface area contributed by atoms with Crippen molar-refractivity contribution in [3.05, 3.63) is 34.9 Å². The van der Waals surface area contributed by atoms with Gasteiger partial charge in [0.05, 0.1) is 6.10 Å². The van der Waals surface area contributed by atoms with Gasteiger partial charge in [0.15, 0.2) is 0 Å². The average Bonchev–Trinajstić information content (AvgIpc) is 2.35. The topological polar surface area (TPSA) is 20.2 Å². The van der Waals surface area contributed by atoms with E-state index in [-0.39, 0.29) is 17.7 Å². The number of fused-ring (bicyclic) bond motifs is 1. The molecule has 0 heterocycles. The van der Waals surface area contributed by atoms with Crippen LogP contribution in [-0.4, -0.2) is 17.0 Å². The Bertz CT molecular complexity index is 579. The molecular formula is C12H8F8O. The van der Waals surface area contributed by atoms with E-state index in [2.05, 4.69) is 0 Å². The summed E-state index contributed by atoms with van der Waals surface area (Å²) in [5, 5.41) is 9.19. The predicted octanol–water partition coefficient (Wildman–Crippen LogP) is 4.21. The van der Waals surface area contributed by atoms with Crippen LogP contribution >= 0.6 is 0 Å². The molecule has 0 spiro atoms. The third-order valence-electron chi connectivity index (χ3n) is 3.39. The van der Waals surface area contributed by atoms with Crippen LogP contribution in [0.25, 0.3) is 0 Å². The maximum absolute atomic E-state index is 13.6. The number of benzene rings is 1. The summed E-state index contributed by atoms with van der Waals surface area (Å²) in [7, 11) is 0. The number of aliphatic hydroxyl groups is 1. The zero-order chi connectivity index (χ0) is 16.4. The SMILES string of the molecule is CC(O)c1ccc2c(c1)C(F)(F)C(F)(F)C(F)(F)C2(F)F. The number of aliphatic hydroxyl groups excluding tert-OH is 1. The van der Waals surface area contributed by atoms with Crippen molar-refractivity contribution < 1.29 is 40.2 Å². The molecule has 1 aliphatic rings. The van der Waals surface area contributed by atoms with Gasteiger partial charge >= 0.3 is 23.7 Å². The van der Waals surface area contributed by atoms with Crippen LogP contribution in [0.15, 0.2) is 18.2 Å². The molecule has 1 aromatic carbocycles. The quantitative estimate of drug-likeness (QED) is 0.769. The molecule has 118 valence electrons. The molecule has 9 heteroatoms. The summed E-state index contributed by atoms with van der Waals surface area (Å²) < 4.78 is 107. The number of hydrogen-bond donors (Lipinski definition) is 1. The van der Waals surface area contributed by atoms with Gasteiger partial charge in [0.2, 0.25) is 0 Å². The minimum Gasteiger partial charge on any atom is -0.389 e. The summed E-state index contributed by atoms with van der Waals surface area (Å²) in [6.07, 6.45) is -1.42. The van der Waals surface area contributed by atoms with Crippen molar-refractivity contribution in [3.8, 4) is 0 Å². The van der Waals surface area contributed by atoms with Crippen LogP contribution in [0.5, 0.6) is 0 Å². The molecule has 0 amide bonds. The van der Waals surface area contributed by atoms with Gasteiger partial charge < -0.3 is 5.11 Å². The van der Waals surface area contributed by atoms with E-state index in [1.165, 1.54) is 0 Å². The van der Waals surface area contributed by atoms with E-state index in [0.717, 1.165) is 6.92 Å². The Morgan fingerprint density at radius 1 is 0.810 bits per heavy atom. The predicted molar refractivity (Wildman–Crippen MR) is 54.8 cm³/mol. The number of hydrogen-bond acceptors (Lipinski definition) is 1. The smallest absolute Gasteiger partial charge is 0.382 e. The summed E-state index contributed by atoms with van der Waals surface area (Å²) in [6.45, 7) is 1.08. The lowest BCUT2D eigenvalue weighted by atomic mass is 9.79. The number of halogens is 8. The Kier molecular flexibility index (Phi) is 3.11. The lowest BCUT2D eigenvalue weighted by Gasteiger charge is -2.43. The average molecular weight is 320 g/mol. The first kappa shape index (κ1) is 16.0. The monoisotopic (exact) mass is 320 g/mol. The first-order valence-electron chi connectivity index (χ1n) is 5.62. The number of alkyl halides is 8. The Labute approximate surface area is 113 Å². The van der Waals surface area contributed by atoms with E-state index in [1.54, 1.807) is 0 Å². The third kappa shape index (κ3) is 1.72. The molecule has 2 rings (SSSR count). The van der Waals surface area contributed by atoms with E-state index in [4.69, 9.17) is 0 Å². The van der Waals surface area contributed by atoms with Crippen molar-refractivity contribution in [3.63, 3.8) is 0 Å². The van der Waals surface area contributed by atoms with Crippen LogP contribution in [0.2, 0.25) is 0 Å². The fraction of sp³-hybridized carbons (Fsp3) is 0.500. The number of rotatable bonds is 1. The largest absolute Gasteiger partial charge is 0.389 e. The molecule has 0 saturated heterocycles. The minimum absolute atomic E-state index is 0.192. The summed E-state index contributed by atoms with van der Waals surface area (Å²) in [5.41, 5.74) is -4.17. The van der Waals surface area contributed by atoms with Gasteiger partial charge in [-0.3, -0.25) is 0 Å². The summed E-state index contributed by atoms with van der Waals surface area (Å²) >= 11 is 0. The zero-order valence-corrected chi connectivity index (χ0v) is 10.3. The van der Waals surface area contributed by atoms with Crippen molar-refractivity contribution in [2.24, 2.45) is 0 Å². The molecule has 1 aliphatic carbocycles. The Morgan fingerprint density at radius 3 is 1.67 bits per heavy atom. The van der Waals surface area contributed by atoms with Crippen LogP contribution in [0.3, 0.4) is 0 Å². The van der Waals surface area contributed by atoms with E-state index >= 15 is 0 Å². The van der Waals surface area contributed by atoms with Crippen LogP contribution in [-0.2, 0) is 11.8 Å². The molecule has 1 atom stereocenters. The molecule has 1 unspecified atom stereocenters. The molecule has 1 N–H and O–H groups in total. The third-order valence-corrected chi connectivity index (χ3v) is 3.39. The molecular weight excluding hydrogens is 312 g/mol. The second-order valence-electron chi connectivity index (χ2n) is 4.78. The van der Waals surface area contributed by atoms with Gasteiger partial charge in [-0.15, -0.1) is 0 Å². The van der Waals surface area contributed by atoms with Gasteiger partial charge in [0, 0.05) is 11.1 Å². The first-order chi connectivity index (χ1) is 9.28. The lowest BCUT2D eigenvalue weighted by Crippen LogP contribution is -2.63. The van der Waals surface area contributed by atoms with Crippen LogP contribution in [0.1, 0.15) is 29.7 Å². The van der Waals surface area contributed by atoms with Crippen LogP contribution in [0.4, 0.5) is 35.1 Å². The second-order valence-corrected chi connectivity index (χ2v) is 4.78. The Morgan fingerprint density at radius 2 is 1.24 bits per heavy atom. The molecule has 0 aliphatic heterocycles. The van der Waals surface area contributed by atoms with Crippen molar-refractivity contribution in [2.45, 2.75) is 36.7 Å². The van der Waals surface area contributed by atoms with E-state index in [9.17, 15) is 40.2 Å². The van der Waals surface area contributed by atoms with E-state index < -0.39 is 40.9 Å². The van der Waals surface area contributed by atoms with Gasteiger partial charge in [-0.05, 0) is 18.6 Å². The van der Waals surface area contributed by atoms with Gasteiger partial charge in [-0.1, -0.05) is 12.1 Å². The Hall–Kier alpha value is -1.38. The molecule has 1 aromatic rings. The molecule has 0 aromatic heterocycles. The highest BCUT2D eigenvalue weighted by molar-refractivity contribution is 5.45. The fourth-order valence-electron chi connectivity index (χ4n) is 2.09. The fourth-order valence-corrected chi connectivity index (χ4v) is 2.09. The van der Waals surface area contributed by atoms with Gasteiger partial charge in [0.25, 0.3) is 0 Å². The lowest BCUT2D eigenvalue weighted by molar-refractivity contribution is -0.386. The molecule has 0 bridgehead atoms. The molecule has 1 nitrogen and oxygen atoms in total. The molecule has 21 heavy (non-hydrogen) atoms. The molecule has 0 radical (unpaired) electrons. The van der Waals surface area contributed by atoms with E-state index in [0.29, 0.717) is 6.07 Å². The summed E-state index contributed by atoms with van der Waals surface area (Å²) in [6, 6.07) is 1.10. The maximum atomic E-state index is 13.6. The second kappa shape index (κ2) is 4.08. The van der Waals surface area contributed by atoms with Crippen molar-refractivity contribution in [1.82, 2.24) is 0 Å². The molecule has 0 saturated carbocycles. The zero-order valence-electron chi connectivity index (χ0n) is 10.3.